The van der Waals surface area contributed by atoms with Crippen molar-refractivity contribution in [2.45, 2.75) is 19.3 Å². The summed E-state index contributed by atoms with van der Waals surface area (Å²) < 4.78 is 0. The summed E-state index contributed by atoms with van der Waals surface area (Å²) in [7, 11) is 0. The van der Waals surface area contributed by atoms with Crippen molar-refractivity contribution in [1.82, 2.24) is 0 Å². The van der Waals surface area contributed by atoms with Gasteiger partial charge < -0.3 is 4.90 Å². The Morgan fingerprint density at radius 3 is 2.89 bits per heavy atom. The van der Waals surface area contributed by atoms with Crippen LogP contribution in [0.5, 0.6) is 0 Å². The first kappa shape index (κ1) is 12.6. The molecule has 1 amide bonds. The maximum Gasteiger partial charge on any atom is 0.227 e. The fourth-order valence-electron chi connectivity index (χ4n) is 2.26. The summed E-state index contributed by atoms with van der Waals surface area (Å²) in [6, 6.07) is 5.62. The summed E-state index contributed by atoms with van der Waals surface area (Å²) in [4.78, 5) is 27.9. The molecule has 0 fully saturated rings. The summed E-state index contributed by atoms with van der Waals surface area (Å²) in [6.45, 7) is 0.156. The van der Waals surface area contributed by atoms with Gasteiger partial charge in [0, 0.05) is 11.3 Å². The number of anilines is 1. The Morgan fingerprint density at radius 1 is 1.21 bits per heavy atom. The fraction of sp³-hybridized carbons (Fsp3) is 0.286. The average molecular weight is 291 g/mol. The molecule has 3 heterocycles. The molecular weight excluding hydrogens is 278 g/mol. The molecule has 0 radical (unpaired) electrons. The van der Waals surface area contributed by atoms with E-state index in [1.807, 2.05) is 29.0 Å². The molecule has 3 nitrogen and oxygen atoms in total. The number of nitrogens with zero attached hydrogens (tertiary/aromatic N) is 1. The third-order valence-electron chi connectivity index (χ3n) is 3.21. The molecule has 3 rings (SSSR count). The Kier molecular flexibility index (Phi) is 3.48. The Bertz CT molecular complexity index is 601. The highest BCUT2D eigenvalue weighted by Gasteiger charge is 2.25. The lowest BCUT2D eigenvalue weighted by atomic mass is 10.2. The number of carbonyl (C=O) groups is 2. The zero-order chi connectivity index (χ0) is 13.2. The molecule has 19 heavy (non-hydrogen) atoms. The second-order valence-electron chi connectivity index (χ2n) is 4.46. The molecule has 0 saturated carbocycles. The van der Waals surface area contributed by atoms with Gasteiger partial charge in [0.1, 0.15) is 0 Å². The number of amides is 1. The van der Waals surface area contributed by atoms with E-state index in [0.717, 1.165) is 18.5 Å². The lowest BCUT2D eigenvalue weighted by Crippen LogP contribution is -2.34. The first-order valence-electron chi connectivity index (χ1n) is 6.19. The number of aryl methyl sites for hydroxylation is 1. The van der Waals surface area contributed by atoms with Crippen LogP contribution in [0.1, 0.15) is 27.4 Å². The molecule has 5 heteroatoms. The zero-order valence-corrected chi connectivity index (χ0v) is 11.9. The summed E-state index contributed by atoms with van der Waals surface area (Å²) in [5, 5.41) is 3.87. The highest BCUT2D eigenvalue weighted by Crippen LogP contribution is 2.31. The lowest BCUT2D eigenvalue weighted by Gasteiger charge is -2.19. The second kappa shape index (κ2) is 5.27. The van der Waals surface area contributed by atoms with Crippen molar-refractivity contribution < 1.29 is 9.59 Å². The maximum absolute atomic E-state index is 12.2. The molecule has 1 aliphatic rings. The van der Waals surface area contributed by atoms with Gasteiger partial charge in [-0.25, -0.2) is 0 Å². The van der Waals surface area contributed by atoms with Crippen LogP contribution in [0, 0.1) is 0 Å². The van der Waals surface area contributed by atoms with E-state index < -0.39 is 0 Å². The average Bonchev–Trinajstić information content (AvgIpc) is 3.05. The molecule has 0 atom stereocenters. The van der Waals surface area contributed by atoms with Crippen LogP contribution in [-0.4, -0.2) is 18.2 Å². The van der Waals surface area contributed by atoms with Gasteiger partial charge in [0.25, 0.3) is 0 Å². The first-order chi connectivity index (χ1) is 9.25. The Hall–Kier alpha value is -1.46. The van der Waals surface area contributed by atoms with Crippen molar-refractivity contribution in [2.24, 2.45) is 0 Å². The highest BCUT2D eigenvalue weighted by molar-refractivity contribution is 7.12. The van der Waals surface area contributed by atoms with Gasteiger partial charge in [0.2, 0.25) is 5.91 Å². The number of hydrogen-bond acceptors (Lipinski definition) is 4. The van der Waals surface area contributed by atoms with Crippen LogP contribution in [-0.2, 0) is 11.2 Å². The largest absolute Gasteiger partial charge is 0.303 e. The van der Waals surface area contributed by atoms with Crippen molar-refractivity contribution in [3.63, 3.8) is 0 Å². The van der Waals surface area contributed by atoms with Gasteiger partial charge in [-0.1, -0.05) is 6.07 Å². The smallest absolute Gasteiger partial charge is 0.227 e. The molecule has 1 aliphatic heterocycles. The summed E-state index contributed by atoms with van der Waals surface area (Å²) in [6.07, 6.45) is 2.33. The fourth-order valence-corrected chi connectivity index (χ4v) is 3.84. The third kappa shape index (κ3) is 2.48. The maximum atomic E-state index is 12.2. The Labute approximate surface area is 119 Å². The van der Waals surface area contributed by atoms with Crippen molar-refractivity contribution in [3.05, 3.63) is 38.7 Å². The number of thiophene rings is 2. The minimum atomic E-state index is 0.0161. The minimum Gasteiger partial charge on any atom is -0.303 e. The van der Waals surface area contributed by atoms with Gasteiger partial charge in [0.05, 0.1) is 17.1 Å². The van der Waals surface area contributed by atoms with Crippen LogP contribution in [0.15, 0.2) is 29.0 Å². The van der Waals surface area contributed by atoms with E-state index in [0.29, 0.717) is 11.3 Å². The zero-order valence-electron chi connectivity index (χ0n) is 10.3. The van der Waals surface area contributed by atoms with Crippen molar-refractivity contribution in [3.8, 4) is 0 Å². The van der Waals surface area contributed by atoms with Crippen LogP contribution in [0.4, 0.5) is 5.69 Å². The van der Waals surface area contributed by atoms with E-state index >= 15 is 0 Å². The van der Waals surface area contributed by atoms with Crippen molar-refractivity contribution in [1.29, 1.82) is 0 Å². The van der Waals surface area contributed by atoms with E-state index in [1.54, 1.807) is 16.2 Å². The molecule has 0 saturated heterocycles. The van der Waals surface area contributed by atoms with Gasteiger partial charge in [-0.05, 0) is 35.7 Å². The monoisotopic (exact) mass is 291 g/mol. The Morgan fingerprint density at radius 2 is 2.11 bits per heavy atom. The Balaban J connectivity index is 1.87. The van der Waals surface area contributed by atoms with Crippen LogP contribution >= 0.6 is 22.7 Å². The number of Topliss-reactive ketones (excluding diaryl/α,β-unsaturated/α-hetero) is 1. The van der Waals surface area contributed by atoms with E-state index in [2.05, 4.69) is 0 Å². The predicted molar refractivity (Wildman–Crippen MR) is 78.3 cm³/mol. The van der Waals surface area contributed by atoms with E-state index in [-0.39, 0.29) is 18.2 Å². The van der Waals surface area contributed by atoms with E-state index in [4.69, 9.17) is 0 Å². The number of ketones is 1. The third-order valence-corrected chi connectivity index (χ3v) is 5.09. The summed E-state index contributed by atoms with van der Waals surface area (Å²) >= 11 is 3.09. The topological polar surface area (TPSA) is 37.4 Å². The second-order valence-corrected chi connectivity index (χ2v) is 6.41. The van der Waals surface area contributed by atoms with Crippen LogP contribution in [0.3, 0.4) is 0 Å². The molecule has 0 unspecified atom stereocenters. The first-order valence-corrected chi connectivity index (χ1v) is 7.95. The molecule has 0 bridgehead atoms. The molecule has 0 aliphatic carbocycles. The standard InChI is InChI=1S/C14H13NO2S2/c16-11(13-4-2-7-18-13)9-15-10-6-8-19-12(10)3-1-5-14(15)17/h2,4,6-8H,1,3,5,9H2. The highest BCUT2D eigenvalue weighted by atomic mass is 32.1. The number of fused-ring (bicyclic) bond motifs is 1. The minimum absolute atomic E-state index is 0.0161. The molecule has 0 spiro atoms. The molecule has 2 aromatic heterocycles. The summed E-state index contributed by atoms with van der Waals surface area (Å²) in [5.74, 6) is 0.0736. The number of rotatable bonds is 3. The van der Waals surface area contributed by atoms with Crippen LogP contribution in [0.25, 0.3) is 0 Å². The SMILES string of the molecule is O=C(CN1C(=O)CCCc2sccc21)c1cccs1. The predicted octanol–water partition coefficient (Wildman–Crippen LogP) is 3.36. The van der Waals surface area contributed by atoms with Crippen LogP contribution < -0.4 is 4.90 Å². The molecule has 0 N–H and O–H groups in total. The number of hydrogen-bond donors (Lipinski definition) is 0. The van der Waals surface area contributed by atoms with E-state index in [9.17, 15) is 9.59 Å². The summed E-state index contributed by atoms with van der Waals surface area (Å²) in [5.41, 5.74) is 0.928. The number of carbonyl (C=O) groups excluding carboxylic acids is 2. The van der Waals surface area contributed by atoms with Gasteiger partial charge in [-0.2, -0.15) is 0 Å². The normalized spacial score (nSPS) is 15.2. The molecular formula is C14H13NO2S2. The van der Waals surface area contributed by atoms with Crippen LogP contribution in [0.2, 0.25) is 0 Å². The van der Waals surface area contributed by atoms with Crippen molar-refractivity contribution in [2.75, 3.05) is 11.4 Å². The molecule has 98 valence electrons. The van der Waals surface area contributed by atoms with Crippen molar-refractivity contribution >= 4 is 40.1 Å². The van der Waals surface area contributed by atoms with Gasteiger partial charge in [-0.15, -0.1) is 22.7 Å². The van der Waals surface area contributed by atoms with Gasteiger partial charge >= 0.3 is 0 Å². The lowest BCUT2D eigenvalue weighted by molar-refractivity contribution is -0.118. The molecule has 2 aromatic rings. The molecule has 0 aromatic carbocycles. The van der Waals surface area contributed by atoms with Gasteiger partial charge in [-0.3, -0.25) is 9.59 Å². The van der Waals surface area contributed by atoms with Gasteiger partial charge in [0.15, 0.2) is 5.78 Å². The van der Waals surface area contributed by atoms with E-state index in [1.165, 1.54) is 16.2 Å². The quantitative estimate of drug-likeness (QED) is 0.813.